The van der Waals surface area contributed by atoms with E-state index in [0.29, 0.717) is 0 Å². The van der Waals surface area contributed by atoms with Crippen LogP contribution in [0.4, 0.5) is 0 Å². The van der Waals surface area contributed by atoms with Crippen LogP contribution in [0.1, 0.15) is 90.9 Å². The summed E-state index contributed by atoms with van der Waals surface area (Å²) in [6, 6.07) is 0. The van der Waals surface area contributed by atoms with Crippen LogP contribution in [-0.4, -0.2) is 52.4 Å². The lowest BCUT2D eigenvalue weighted by Crippen LogP contribution is -2.35. The summed E-state index contributed by atoms with van der Waals surface area (Å²) >= 11 is 0. The highest BCUT2D eigenvalue weighted by atomic mass is 15.0. The van der Waals surface area contributed by atoms with E-state index in [-0.39, 0.29) is 0 Å². The van der Waals surface area contributed by atoms with Gasteiger partial charge in [-0.2, -0.15) is 0 Å². The fourth-order valence-corrected chi connectivity index (χ4v) is 3.09. The molecular formula is C22H50N4. The first kappa shape index (κ1) is 25.8. The predicted octanol–water partition coefficient (Wildman–Crippen LogP) is 4.07. The first-order chi connectivity index (χ1) is 12.9. The molecule has 0 aliphatic rings. The number of rotatable bonds is 23. The molecule has 0 saturated heterocycles. The summed E-state index contributed by atoms with van der Waals surface area (Å²) in [4.78, 5) is 0. The zero-order valence-electron chi connectivity index (χ0n) is 18.1. The molecule has 158 valence electrons. The maximum absolute atomic E-state index is 3.53. The molecule has 0 radical (unpaired) electrons. The minimum atomic E-state index is 1.07. The van der Waals surface area contributed by atoms with Gasteiger partial charge in [0.2, 0.25) is 0 Å². The smallest absolute Gasteiger partial charge is 0.00772 e. The van der Waals surface area contributed by atoms with Crippen LogP contribution in [0.15, 0.2) is 0 Å². The first-order valence-corrected chi connectivity index (χ1v) is 11.7. The van der Waals surface area contributed by atoms with Gasteiger partial charge >= 0.3 is 0 Å². The zero-order chi connectivity index (χ0) is 19.0. The number of hydrogen-bond acceptors (Lipinski definition) is 4. The van der Waals surface area contributed by atoms with Gasteiger partial charge in [-0.15, -0.1) is 0 Å². The fraction of sp³-hybridized carbons (Fsp3) is 1.00. The van der Waals surface area contributed by atoms with Gasteiger partial charge in [0, 0.05) is 39.3 Å². The molecule has 0 rings (SSSR count). The molecule has 26 heavy (non-hydrogen) atoms. The van der Waals surface area contributed by atoms with Crippen LogP contribution in [-0.2, 0) is 0 Å². The van der Waals surface area contributed by atoms with Gasteiger partial charge in [0.1, 0.15) is 0 Å². The molecule has 0 aromatic carbocycles. The van der Waals surface area contributed by atoms with Crippen LogP contribution < -0.4 is 21.3 Å². The van der Waals surface area contributed by atoms with Crippen LogP contribution in [0.3, 0.4) is 0 Å². The van der Waals surface area contributed by atoms with E-state index in [9.17, 15) is 0 Å². The van der Waals surface area contributed by atoms with Crippen molar-refractivity contribution in [2.75, 3.05) is 52.4 Å². The summed E-state index contributed by atoms with van der Waals surface area (Å²) in [5, 5.41) is 14.0. The average Bonchev–Trinajstić information content (AvgIpc) is 2.66. The summed E-state index contributed by atoms with van der Waals surface area (Å²) in [7, 11) is 0. The van der Waals surface area contributed by atoms with Gasteiger partial charge in [0.25, 0.3) is 0 Å². The highest BCUT2D eigenvalue weighted by Crippen LogP contribution is 2.04. The van der Waals surface area contributed by atoms with Gasteiger partial charge in [-0.1, -0.05) is 78.1 Å². The van der Waals surface area contributed by atoms with E-state index in [1.54, 1.807) is 0 Å². The molecule has 0 saturated carbocycles. The first-order valence-electron chi connectivity index (χ1n) is 11.7. The summed E-state index contributed by atoms with van der Waals surface area (Å²) in [6.07, 6.45) is 16.6. The van der Waals surface area contributed by atoms with Gasteiger partial charge in [-0.05, 0) is 25.9 Å². The Hall–Kier alpha value is -0.160. The molecule has 0 unspecified atom stereocenters. The second kappa shape index (κ2) is 24.8. The zero-order valence-corrected chi connectivity index (χ0v) is 18.1. The monoisotopic (exact) mass is 370 g/mol. The molecule has 0 aromatic rings. The van der Waals surface area contributed by atoms with Crippen molar-refractivity contribution in [2.45, 2.75) is 90.9 Å². The predicted molar refractivity (Wildman–Crippen MR) is 118 cm³/mol. The summed E-state index contributed by atoms with van der Waals surface area (Å²) < 4.78 is 0. The Labute approximate surface area is 165 Å². The summed E-state index contributed by atoms with van der Waals surface area (Å²) in [6.45, 7) is 13.4. The second-order valence-corrected chi connectivity index (χ2v) is 7.54. The Morgan fingerprint density at radius 2 is 0.577 bits per heavy atom. The van der Waals surface area contributed by atoms with Crippen LogP contribution in [0.5, 0.6) is 0 Å². The van der Waals surface area contributed by atoms with Crippen molar-refractivity contribution < 1.29 is 0 Å². The minimum absolute atomic E-state index is 1.07. The van der Waals surface area contributed by atoms with Crippen molar-refractivity contribution in [3.05, 3.63) is 0 Å². The Bertz CT molecular complexity index is 212. The standard InChI is InChI=1S/C22H50N4/c1-3-5-7-9-11-13-15-23-17-19-25-21-22-26-20-18-24-16-14-12-10-8-6-4-2/h23-26H,3-22H2,1-2H3. The Balaban J connectivity index is 2.95. The van der Waals surface area contributed by atoms with Crippen LogP contribution in [0.2, 0.25) is 0 Å². The Morgan fingerprint density at radius 3 is 0.923 bits per heavy atom. The molecule has 0 aliphatic heterocycles. The van der Waals surface area contributed by atoms with E-state index in [4.69, 9.17) is 0 Å². The average molecular weight is 371 g/mol. The highest BCUT2D eigenvalue weighted by Gasteiger charge is 1.93. The van der Waals surface area contributed by atoms with Crippen molar-refractivity contribution in [1.82, 2.24) is 21.3 Å². The normalized spacial score (nSPS) is 11.3. The van der Waals surface area contributed by atoms with Crippen molar-refractivity contribution in [3.63, 3.8) is 0 Å². The van der Waals surface area contributed by atoms with Gasteiger partial charge in [-0.3, -0.25) is 0 Å². The van der Waals surface area contributed by atoms with Crippen molar-refractivity contribution in [3.8, 4) is 0 Å². The largest absolute Gasteiger partial charge is 0.315 e. The van der Waals surface area contributed by atoms with Crippen LogP contribution in [0, 0.1) is 0 Å². The lowest BCUT2D eigenvalue weighted by molar-refractivity contribution is 0.539. The molecule has 4 nitrogen and oxygen atoms in total. The molecule has 0 fully saturated rings. The molecule has 0 spiro atoms. The molecule has 0 aromatic heterocycles. The quantitative estimate of drug-likeness (QED) is 0.205. The fourth-order valence-electron chi connectivity index (χ4n) is 3.09. The molecule has 0 atom stereocenters. The summed E-state index contributed by atoms with van der Waals surface area (Å²) in [5.74, 6) is 0. The molecule has 4 heteroatoms. The number of unbranched alkanes of at least 4 members (excludes halogenated alkanes) is 10. The Morgan fingerprint density at radius 1 is 0.308 bits per heavy atom. The third-order valence-corrected chi connectivity index (χ3v) is 4.85. The Kier molecular flexibility index (Phi) is 24.7. The number of hydrogen-bond donors (Lipinski definition) is 4. The number of nitrogens with one attached hydrogen (secondary N) is 4. The van der Waals surface area contributed by atoms with Crippen LogP contribution in [0.25, 0.3) is 0 Å². The van der Waals surface area contributed by atoms with E-state index >= 15 is 0 Å². The van der Waals surface area contributed by atoms with Gasteiger partial charge in [-0.25, -0.2) is 0 Å². The maximum atomic E-state index is 3.53. The molecule has 0 heterocycles. The molecule has 0 aliphatic carbocycles. The van der Waals surface area contributed by atoms with E-state index in [1.807, 2.05) is 0 Å². The van der Waals surface area contributed by atoms with Gasteiger partial charge < -0.3 is 21.3 Å². The van der Waals surface area contributed by atoms with Gasteiger partial charge in [0.05, 0.1) is 0 Å². The summed E-state index contributed by atoms with van der Waals surface area (Å²) in [5.41, 5.74) is 0. The minimum Gasteiger partial charge on any atom is -0.315 e. The van der Waals surface area contributed by atoms with Crippen LogP contribution >= 0.6 is 0 Å². The molecule has 4 N–H and O–H groups in total. The molecule has 0 amide bonds. The van der Waals surface area contributed by atoms with E-state index in [1.165, 1.54) is 90.1 Å². The van der Waals surface area contributed by atoms with Crippen molar-refractivity contribution >= 4 is 0 Å². The highest BCUT2D eigenvalue weighted by molar-refractivity contribution is 4.57. The SMILES string of the molecule is CCCCCCCCNCCNCCNCCNCCCCCCCC. The lowest BCUT2D eigenvalue weighted by atomic mass is 10.1. The molecular weight excluding hydrogens is 320 g/mol. The topological polar surface area (TPSA) is 48.1 Å². The van der Waals surface area contributed by atoms with E-state index in [0.717, 1.165) is 39.3 Å². The maximum Gasteiger partial charge on any atom is 0.00772 e. The third-order valence-electron chi connectivity index (χ3n) is 4.85. The van der Waals surface area contributed by atoms with Crippen molar-refractivity contribution in [1.29, 1.82) is 0 Å². The van der Waals surface area contributed by atoms with Gasteiger partial charge in [0.15, 0.2) is 0 Å². The van der Waals surface area contributed by atoms with E-state index < -0.39 is 0 Å². The van der Waals surface area contributed by atoms with E-state index in [2.05, 4.69) is 35.1 Å². The third kappa shape index (κ3) is 23.8. The molecule has 0 bridgehead atoms. The lowest BCUT2D eigenvalue weighted by Gasteiger charge is -2.08. The van der Waals surface area contributed by atoms with Crippen molar-refractivity contribution in [2.24, 2.45) is 0 Å². The second-order valence-electron chi connectivity index (χ2n) is 7.54.